The number of hydrogen-bond acceptors (Lipinski definition) is 5. The van der Waals surface area contributed by atoms with E-state index in [-0.39, 0.29) is 16.3 Å². The normalized spacial score (nSPS) is 16.9. The summed E-state index contributed by atoms with van der Waals surface area (Å²) in [4.78, 5) is 18.6. The van der Waals surface area contributed by atoms with Crippen molar-refractivity contribution in [2.75, 3.05) is 23.3 Å². The summed E-state index contributed by atoms with van der Waals surface area (Å²) in [6.45, 7) is 1.12. The summed E-state index contributed by atoms with van der Waals surface area (Å²) in [5.41, 5.74) is 0.439. The first-order valence-corrected chi connectivity index (χ1v) is 9.24. The number of anilines is 2. The number of amides is 1. The van der Waals surface area contributed by atoms with Gasteiger partial charge in [-0.2, -0.15) is 0 Å². The molecule has 1 fully saturated rings. The highest BCUT2D eigenvalue weighted by molar-refractivity contribution is 9.10. The Morgan fingerprint density at radius 1 is 1.39 bits per heavy atom. The molecule has 0 bridgehead atoms. The van der Waals surface area contributed by atoms with Crippen molar-refractivity contribution in [3.63, 3.8) is 0 Å². The summed E-state index contributed by atoms with van der Waals surface area (Å²) in [5, 5.41) is 11.9. The fourth-order valence-electron chi connectivity index (χ4n) is 2.71. The summed E-state index contributed by atoms with van der Waals surface area (Å²) in [6, 6.07) is 4.99. The maximum atomic E-state index is 12.4. The summed E-state index contributed by atoms with van der Waals surface area (Å²) in [6.07, 6.45) is -3.25. The Kier molecular flexibility index (Phi) is 6.01. The van der Waals surface area contributed by atoms with Crippen LogP contribution in [0.25, 0.3) is 0 Å². The summed E-state index contributed by atoms with van der Waals surface area (Å²) in [7, 11) is 0. The van der Waals surface area contributed by atoms with E-state index in [0.717, 1.165) is 12.1 Å². The largest absolute Gasteiger partial charge is 0.573 e. The van der Waals surface area contributed by atoms with E-state index in [1.807, 2.05) is 4.90 Å². The SMILES string of the molecule is O=C(Nc1ccc(OC(F)(F)F)c(Cl)c1)c1cnc(N2CC[C@@H](O)C2)c(Br)c1. The number of nitrogens with zero attached hydrogens (tertiary/aromatic N) is 2. The van der Waals surface area contributed by atoms with Crippen LogP contribution < -0.4 is 15.0 Å². The van der Waals surface area contributed by atoms with Gasteiger partial charge in [0.05, 0.1) is 21.2 Å². The van der Waals surface area contributed by atoms with Crippen molar-refractivity contribution in [3.8, 4) is 5.75 Å². The number of β-amino-alcohol motifs (C(OH)–C–C–N with tert-alkyl or cyclic N) is 1. The first-order valence-electron chi connectivity index (χ1n) is 8.07. The molecule has 1 amide bonds. The van der Waals surface area contributed by atoms with Crippen molar-refractivity contribution in [1.29, 1.82) is 0 Å². The average molecular weight is 481 g/mol. The smallest absolute Gasteiger partial charge is 0.404 e. The topological polar surface area (TPSA) is 74.7 Å². The maximum absolute atomic E-state index is 12.4. The van der Waals surface area contributed by atoms with Gasteiger partial charge in [-0.05, 0) is 46.6 Å². The first-order chi connectivity index (χ1) is 13.1. The van der Waals surface area contributed by atoms with Gasteiger partial charge < -0.3 is 20.1 Å². The fourth-order valence-corrected chi connectivity index (χ4v) is 3.53. The Hall–Kier alpha value is -2.04. The van der Waals surface area contributed by atoms with Gasteiger partial charge in [-0.3, -0.25) is 4.79 Å². The van der Waals surface area contributed by atoms with Crippen molar-refractivity contribution < 1.29 is 27.8 Å². The van der Waals surface area contributed by atoms with Crippen LogP contribution in [0.4, 0.5) is 24.7 Å². The third-order valence-electron chi connectivity index (χ3n) is 3.96. The van der Waals surface area contributed by atoms with E-state index in [4.69, 9.17) is 11.6 Å². The summed E-state index contributed by atoms with van der Waals surface area (Å²) < 4.78 is 41.2. The van der Waals surface area contributed by atoms with Gasteiger partial charge in [0.1, 0.15) is 11.6 Å². The van der Waals surface area contributed by atoms with Crippen LogP contribution >= 0.6 is 27.5 Å². The zero-order valence-corrected chi connectivity index (χ0v) is 16.5. The van der Waals surface area contributed by atoms with Crippen LogP contribution in [0.5, 0.6) is 5.75 Å². The molecule has 150 valence electrons. The lowest BCUT2D eigenvalue weighted by molar-refractivity contribution is -0.274. The highest BCUT2D eigenvalue weighted by atomic mass is 79.9. The second kappa shape index (κ2) is 8.14. The van der Waals surface area contributed by atoms with E-state index in [0.29, 0.717) is 29.8 Å². The lowest BCUT2D eigenvalue weighted by Gasteiger charge is -2.18. The predicted molar refractivity (Wildman–Crippen MR) is 101 cm³/mol. The number of aromatic nitrogens is 1. The van der Waals surface area contributed by atoms with E-state index in [1.54, 1.807) is 6.07 Å². The number of aliphatic hydroxyl groups excluding tert-OH is 1. The molecule has 1 aliphatic heterocycles. The molecule has 0 saturated carbocycles. The van der Waals surface area contributed by atoms with Gasteiger partial charge in [0.25, 0.3) is 5.91 Å². The Balaban J connectivity index is 1.71. The standard InChI is InChI=1S/C17H14BrClF3N3O3/c18-12-5-9(7-23-15(12)25-4-3-11(26)8-25)16(27)24-10-1-2-14(13(19)6-10)28-17(20,21)22/h1-2,5-7,11,26H,3-4,8H2,(H,24,27)/t11-/m1/s1. The van der Waals surface area contributed by atoms with Crippen LogP contribution in [0, 0.1) is 0 Å². The number of nitrogens with one attached hydrogen (secondary N) is 1. The zero-order chi connectivity index (χ0) is 20.5. The monoisotopic (exact) mass is 479 g/mol. The lowest BCUT2D eigenvalue weighted by Crippen LogP contribution is -2.23. The minimum absolute atomic E-state index is 0.201. The molecule has 0 aliphatic carbocycles. The summed E-state index contributed by atoms with van der Waals surface area (Å²) in [5.74, 6) is -0.458. The maximum Gasteiger partial charge on any atom is 0.573 e. The number of carbonyl (C=O) groups is 1. The van der Waals surface area contributed by atoms with Crippen LogP contribution in [0.2, 0.25) is 5.02 Å². The van der Waals surface area contributed by atoms with Crippen LogP contribution in [-0.2, 0) is 0 Å². The predicted octanol–water partition coefficient (Wildman–Crippen LogP) is 4.22. The van der Waals surface area contributed by atoms with Gasteiger partial charge >= 0.3 is 6.36 Å². The van der Waals surface area contributed by atoms with E-state index >= 15 is 0 Å². The molecule has 0 radical (unpaired) electrons. The molecule has 2 heterocycles. The van der Waals surface area contributed by atoms with E-state index in [9.17, 15) is 23.1 Å². The van der Waals surface area contributed by atoms with Crippen molar-refractivity contribution >= 4 is 44.9 Å². The van der Waals surface area contributed by atoms with Crippen LogP contribution in [0.15, 0.2) is 34.9 Å². The minimum Gasteiger partial charge on any atom is -0.404 e. The number of benzene rings is 1. The molecule has 2 N–H and O–H groups in total. The molecular formula is C17H14BrClF3N3O3. The van der Waals surface area contributed by atoms with Crippen molar-refractivity contribution in [2.45, 2.75) is 18.9 Å². The zero-order valence-electron chi connectivity index (χ0n) is 14.1. The van der Waals surface area contributed by atoms with Crippen LogP contribution in [0.3, 0.4) is 0 Å². The van der Waals surface area contributed by atoms with Gasteiger partial charge in [-0.25, -0.2) is 4.98 Å². The molecule has 1 aromatic carbocycles. The first kappa shape index (κ1) is 20.7. The van der Waals surface area contributed by atoms with Crippen molar-refractivity contribution in [3.05, 3.63) is 45.5 Å². The Morgan fingerprint density at radius 2 is 2.14 bits per heavy atom. The number of alkyl halides is 3. The summed E-state index contributed by atoms with van der Waals surface area (Å²) >= 11 is 9.14. The fraction of sp³-hybridized carbons (Fsp3) is 0.294. The third kappa shape index (κ3) is 5.06. The second-order valence-corrected chi connectivity index (χ2v) is 7.33. The highest BCUT2D eigenvalue weighted by Crippen LogP contribution is 2.32. The molecule has 11 heteroatoms. The van der Waals surface area contributed by atoms with Gasteiger partial charge in [0.15, 0.2) is 0 Å². The molecule has 6 nitrogen and oxygen atoms in total. The van der Waals surface area contributed by atoms with Crippen LogP contribution in [0.1, 0.15) is 16.8 Å². The Bertz CT molecular complexity index is 898. The average Bonchev–Trinajstić information content (AvgIpc) is 3.02. The number of hydrogen-bond donors (Lipinski definition) is 2. The molecule has 3 rings (SSSR count). The Labute approximate surface area is 171 Å². The minimum atomic E-state index is -4.86. The molecule has 1 aliphatic rings. The number of carbonyl (C=O) groups excluding carboxylic acids is 1. The van der Waals surface area contributed by atoms with E-state index in [1.165, 1.54) is 12.3 Å². The van der Waals surface area contributed by atoms with Crippen LogP contribution in [-0.4, -0.2) is 41.6 Å². The molecule has 2 aromatic rings. The van der Waals surface area contributed by atoms with Gasteiger partial charge in [0.2, 0.25) is 0 Å². The second-order valence-electron chi connectivity index (χ2n) is 6.07. The van der Waals surface area contributed by atoms with Gasteiger partial charge in [-0.1, -0.05) is 11.6 Å². The quantitative estimate of drug-likeness (QED) is 0.685. The molecule has 1 saturated heterocycles. The van der Waals surface area contributed by atoms with Crippen molar-refractivity contribution in [2.24, 2.45) is 0 Å². The molecule has 0 spiro atoms. The number of pyridine rings is 1. The third-order valence-corrected chi connectivity index (χ3v) is 4.84. The van der Waals surface area contributed by atoms with E-state index < -0.39 is 24.1 Å². The van der Waals surface area contributed by atoms with Crippen molar-refractivity contribution in [1.82, 2.24) is 4.98 Å². The number of rotatable bonds is 4. The molecule has 28 heavy (non-hydrogen) atoms. The number of halogens is 5. The molecule has 1 aromatic heterocycles. The highest BCUT2D eigenvalue weighted by Gasteiger charge is 2.32. The van der Waals surface area contributed by atoms with Gasteiger partial charge in [-0.15, -0.1) is 13.2 Å². The number of aliphatic hydroxyl groups is 1. The number of ether oxygens (including phenoxy) is 1. The lowest BCUT2D eigenvalue weighted by atomic mass is 10.2. The molecule has 1 atom stereocenters. The molecule has 0 unspecified atom stereocenters. The van der Waals surface area contributed by atoms with Gasteiger partial charge in [0, 0.05) is 25.0 Å². The Morgan fingerprint density at radius 3 is 2.71 bits per heavy atom. The molecular weight excluding hydrogens is 467 g/mol. The van der Waals surface area contributed by atoms with E-state index in [2.05, 4.69) is 31.0 Å².